The molecule has 1 heterocycles. The van der Waals surface area contributed by atoms with Gasteiger partial charge in [0.15, 0.2) is 0 Å². The number of benzene rings is 1. The molecule has 1 aromatic rings. The van der Waals surface area contributed by atoms with Crippen molar-refractivity contribution in [1.29, 1.82) is 0 Å². The van der Waals surface area contributed by atoms with Gasteiger partial charge in [0.25, 0.3) is 0 Å². The van der Waals surface area contributed by atoms with E-state index in [2.05, 4.69) is 11.4 Å². The summed E-state index contributed by atoms with van der Waals surface area (Å²) in [6.45, 7) is 5.02. The molecule has 1 saturated heterocycles. The minimum absolute atomic E-state index is 0.0293. The molecular weight excluding hydrogens is 288 g/mol. The number of amides is 2. The van der Waals surface area contributed by atoms with Crippen LogP contribution in [0.5, 0.6) is 5.75 Å². The fourth-order valence-corrected chi connectivity index (χ4v) is 3.05. The van der Waals surface area contributed by atoms with Crippen molar-refractivity contribution < 1.29 is 14.3 Å². The Labute approximate surface area is 129 Å². The largest absolute Gasteiger partial charge is 0.492 e. The van der Waals surface area contributed by atoms with Gasteiger partial charge in [0.1, 0.15) is 18.9 Å². The number of hydrogen-bond donors (Lipinski definition) is 1. The normalized spacial score (nSPS) is 14.4. The summed E-state index contributed by atoms with van der Waals surface area (Å²) in [6.07, 6.45) is 0. The van der Waals surface area contributed by atoms with Gasteiger partial charge in [-0.2, -0.15) is 0 Å². The van der Waals surface area contributed by atoms with Crippen LogP contribution in [0.2, 0.25) is 0 Å². The van der Waals surface area contributed by atoms with E-state index in [0.717, 1.165) is 16.9 Å². The molecule has 1 N–H and O–H groups in total. The molecule has 6 heteroatoms. The van der Waals surface area contributed by atoms with Gasteiger partial charge in [-0.25, -0.2) is 0 Å². The lowest BCUT2D eigenvalue weighted by molar-refractivity contribution is -0.132. The maximum absolute atomic E-state index is 11.7. The molecule has 0 atom stereocenters. The minimum Gasteiger partial charge on any atom is -0.492 e. The molecule has 2 amide bonds. The summed E-state index contributed by atoms with van der Waals surface area (Å²) in [5, 5.41) is 2.76. The standard InChI is InChI=1S/C15H20N2O3S/c1-11-5-12(2)7-13(6-11)20-4-3-16-14(18)8-17-10-21-9-15(17)19/h5-7H,3-4,8-10H2,1-2H3,(H,16,18). The van der Waals surface area contributed by atoms with Crippen molar-refractivity contribution >= 4 is 23.6 Å². The van der Waals surface area contributed by atoms with Gasteiger partial charge in [-0.3, -0.25) is 9.59 Å². The van der Waals surface area contributed by atoms with Gasteiger partial charge in [0.05, 0.1) is 18.2 Å². The molecule has 1 aliphatic rings. The van der Waals surface area contributed by atoms with Crippen LogP contribution in [0.4, 0.5) is 0 Å². The number of hydrogen-bond acceptors (Lipinski definition) is 4. The van der Waals surface area contributed by atoms with Gasteiger partial charge in [-0.1, -0.05) is 6.07 Å². The molecule has 2 rings (SSSR count). The summed E-state index contributed by atoms with van der Waals surface area (Å²) in [6, 6.07) is 6.02. The van der Waals surface area contributed by atoms with E-state index in [9.17, 15) is 9.59 Å². The first kappa shape index (κ1) is 15.7. The van der Waals surface area contributed by atoms with Crippen LogP contribution in [-0.2, 0) is 9.59 Å². The average Bonchev–Trinajstić information content (AvgIpc) is 2.79. The number of carbonyl (C=O) groups excluding carboxylic acids is 2. The van der Waals surface area contributed by atoms with Crippen molar-refractivity contribution in [2.24, 2.45) is 0 Å². The van der Waals surface area contributed by atoms with Crippen molar-refractivity contribution in [3.05, 3.63) is 29.3 Å². The van der Waals surface area contributed by atoms with Crippen molar-refractivity contribution in [2.75, 3.05) is 31.3 Å². The smallest absolute Gasteiger partial charge is 0.239 e. The predicted molar refractivity (Wildman–Crippen MR) is 83.5 cm³/mol. The van der Waals surface area contributed by atoms with Crippen molar-refractivity contribution in [3.63, 3.8) is 0 Å². The number of nitrogens with one attached hydrogen (secondary N) is 1. The molecule has 114 valence electrons. The first-order chi connectivity index (χ1) is 10.0. The van der Waals surface area contributed by atoms with E-state index in [4.69, 9.17) is 4.74 Å². The SMILES string of the molecule is Cc1cc(C)cc(OCCNC(=O)CN2CSCC2=O)c1. The fourth-order valence-electron chi connectivity index (χ4n) is 2.15. The molecular formula is C15H20N2O3S. The highest BCUT2D eigenvalue weighted by atomic mass is 32.2. The van der Waals surface area contributed by atoms with Crippen molar-refractivity contribution in [3.8, 4) is 5.75 Å². The molecule has 0 unspecified atom stereocenters. The molecule has 1 aromatic carbocycles. The molecule has 1 aliphatic heterocycles. The van der Waals surface area contributed by atoms with Crippen LogP contribution in [0.3, 0.4) is 0 Å². The zero-order chi connectivity index (χ0) is 15.2. The van der Waals surface area contributed by atoms with Gasteiger partial charge >= 0.3 is 0 Å². The van der Waals surface area contributed by atoms with Crippen LogP contribution in [0.25, 0.3) is 0 Å². The second-order valence-corrected chi connectivity index (χ2v) is 6.05. The Morgan fingerprint density at radius 3 is 2.67 bits per heavy atom. The summed E-state index contributed by atoms with van der Waals surface area (Å²) < 4.78 is 5.61. The monoisotopic (exact) mass is 308 g/mol. The zero-order valence-electron chi connectivity index (χ0n) is 12.3. The second-order valence-electron chi connectivity index (χ2n) is 5.09. The Kier molecular flexibility index (Phi) is 5.50. The van der Waals surface area contributed by atoms with E-state index >= 15 is 0 Å². The first-order valence-corrected chi connectivity index (χ1v) is 8.03. The average molecular weight is 308 g/mol. The maximum Gasteiger partial charge on any atom is 0.239 e. The van der Waals surface area contributed by atoms with Gasteiger partial charge in [-0.15, -0.1) is 11.8 Å². The molecule has 0 bridgehead atoms. The van der Waals surface area contributed by atoms with Crippen LogP contribution in [-0.4, -0.2) is 48.0 Å². The summed E-state index contributed by atoms with van der Waals surface area (Å²) in [7, 11) is 0. The van der Waals surface area contributed by atoms with Crippen molar-refractivity contribution in [1.82, 2.24) is 10.2 Å². The van der Waals surface area contributed by atoms with E-state index in [-0.39, 0.29) is 18.4 Å². The third-order valence-corrected chi connectivity index (χ3v) is 3.99. The molecule has 1 fully saturated rings. The molecule has 0 spiro atoms. The zero-order valence-corrected chi connectivity index (χ0v) is 13.2. The predicted octanol–water partition coefficient (Wildman–Crippen LogP) is 1.33. The molecule has 0 radical (unpaired) electrons. The summed E-state index contributed by atoms with van der Waals surface area (Å²) in [5.41, 5.74) is 2.30. The van der Waals surface area contributed by atoms with E-state index in [1.165, 1.54) is 11.8 Å². The lowest BCUT2D eigenvalue weighted by atomic mass is 10.1. The lowest BCUT2D eigenvalue weighted by Gasteiger charge is -2.14. The third kappa shape index (κ3) is 4.97. The molecule has 0 saturated carbocycles. The second kappa shape index (κ2) is 7.36. The number of thioether (sulfide) groups is 1. The summed E-state index contributed by atoms with van der Waals surface area (Å²) >= 11 is 1.53. The van der Waals surface area contributed by atoms with Crippen molar-refractivity contribution in [2.45, 2.75) is 13.8 Å². The Hall–Kier alpha value is -1.69. The van der Waals surface area contributed by atoms with E-state index in [0.29, 0.717) is 24.8 Å². The minimum atomic E-state index is -0.144. The number of rotatable bonds is 6. The van der Waals surface area contributed by atoms with E-state index in [1.54, 1.807) is 4.90 Å². The highest BCUT2D eigenvalue weighted by Crippen LogP contribution is 2.16. The molecule has 0 aliphatic carbocycles. The fraction of sp³-hybridized carbons (Fsp3) is 0.467. The van der Waals surface area contributed by atoms with Crippen LogP contribution in [0.1, 0.15) is 11.1 Å². The number of aryl methyl sites for hydroxylation is 2. The molecule has 5 nitrogen and oxygen atoms in total. The van der Waals surface area contributed by atoms with Crippen LogP contribution < -0.4 is 10.1 Å². The quantitative estimate of drug-likeness (QED) is 0.806. The highest BCUT2D eigenvalue weighted by Gasteiger charge is 2.22. The Bertz CT molecular complexity index is 513. The van der Waals surface area contributed by atoms with Gasteiger partial charge in [0, 0.05) is 0 Å². The number of ether oxygens (including phenoxy) is 1. The van der Waals surface area contributed by atoms with Crippen LogP contribution in [0, 0.1) is 13.8 Å². The summed E-state index contributed by atoms with van der Waals surface area (Å²) in [4.78, 5) is 24.6. The Morgan fingerprint density at radius 2 is 2.05 bits per heavy atom. The first-order valence-electron chi connectivity index (χ1n) is 6.88. The summed E-state index contributed by atoms with van der Waals surface area (Å²) in [5.74, 6) is 1.78. The lowest BCUT2D eigenvalue weighted by Crippen LogP contribution is -2.39. The Morgan fingerprint density at radius 1 is 1.33 bits per heavy atom. The highest BCUT2D eigenvalue weighted by molar-refractivity contribution is 8.00. The topological polar surface area (TPSA) is 58.6 Å². The molecule has 0 aromatic heterocycles. The van der Waals surface area contributed by atoms with Crippen LogP contribution in [0.15, 0.2) is 18.2 Å². The Balaban J connectivity index is 1.67. The number of nitrogens with zero attached hydrogens (tertiary/aromatic N) is 1. The van der Waals surface area contributed by atoms with E-state index in [1.807, 2.05) is 26.0 Å². The van der Waals surface area contributed by atoms with Crippen LogP contribution >= 0.6 is 11.8 Å². The van der Waals surface area contributed by atoms with Gasteiger partial charge in [0.2, 0.25) is 11.8 Å². The van der Waals surface area contributed by atoms with E-state index < -0.39 is 0 Å². The third-order valence-electron chi connectivity index (χ3n) is 3.05. The molecule has 21 heavy (non-hydrogen) atoms. The maximum atomic E-state index is 11.7. The van der Waals surface area contributed by atoms with Gasteiger partial charge < -0.3 is 15.0 Å². The van der Waals surface area contributed by atoms with Gasteiger partial charge in [-0.05, 0) is 37.1 Å². The number of carbonyl (C=O) groups is 2.